The number of rotatable bonds is 9. The van der Waals surface area contributed by atoms with Gasteiger partial charge in [-0.25, -0.2) is 9.78 Å². The van der Waals surface area contributed by atoms with Gasteiger partial charge in [0, 0.05) is 18.4 Å². The van der Waals surface area contributed by atoms with Crippen molar-refractivity contribution < 1.29 is 24.1 Å². The van der Waals surface area contributed by atoms with E-state index in [4.69, 9.17) is 14.2 Å². The van der Waals surface area contributed by atoms with Crippen molar-refractivity contribution >= 4 is 16.9 Å². The lowest BCUT2D eigenvalue weighted by atomic mass is 10.1. The molecule has 0 aliphatic heterocycles. The van der Waals surface area contributed by atoms with Gasteiger partial charge < -0.3 is 19.3 Å². The monoisotopic (exact) mass is 381 g/mol. The predicted molar refractivity (Wildman–Crippen MR) is 106 cm³/mol. The van der Waals surface area contributed by atoms with Crippen molar-refractivity contribution in [2.75, 3.05) is 13.7 Å². The molecule has 1 aromatic heterocycles. The second-order valence-corrected chi connectivity index (χ2v) is 6.25. The molecule has 3 aromatic rings. The minimum atomic E-state index is -0.961. The van der Waals surface area contributed by atoms with Gasteiger partial charge in [-0.15, -0.1) is 0 Å². The summed E-state index contributed by atoms with van der Waals surface area (Å²) < 4.78 is 16.5. The number of carboxylic acid groups (broad SMARTS) is 1. The summed E-state index contributed by atoms with van der Waals surface area (Å²) in [6.45, 7) is 2.41. The van der Waals surface area contributed by atoms with Gasteiger partial charge in [0.15, 0.2) is 6.10 Å². The topological polar surface area (TPSA) is 77.9 Å². The Hall–Kier alpha value is -3.12. The zero-order valence-corrected chi connectivity index (χ0v) is 15.9. The second kappa shape index (κ2) is 9.19. The quantitative estimate of drug-likeness (QED) is 0.607. The molecular weight excluding hydrogens is 358 g/mol. The van der Waals surface area contributed by atoms with Crippen LogP contribution >= 0.6 is 0 Å². The van der Waals surface area contributed by atoms with Gasteiger partial charge in [-0.3, -0.25) is 0 Å². The Labute approximate surface area is 163 Å². The fraction of sp³-hybridized carbons (Fsp3) is 0.273. The van der Waals surface area contributed by atoms with Crippen LogP contribution in [0.5, 0.6) is 11.5 Å². The van der Waals surface area contributed by atoms with Crippen molar-refractivity contribution in [3.8, 4) is 11.5 Å². The minimum absolute atomic E-state index is 0.268. The van der Waals surface area contributed by atoms with Crippen LogP contribution in [0.4, 0.5) is 0 Å². The van der Waals surface area contributed by atoms with Crippen LogP contribution in [-0.2, 0) is 22.6 Å². The summed E-state index contributed by atoms with van der Waals surface area (Å²) in [5, 5.41) is 10.2. The highest BCUT2D eigenvalue weighted by Gasteiger charge is 2.17. The highest BCUT2D eigenvalue weighted by Crippen LogP contribution is 2.24. The van der Waals surface area contributed by atoms with Crippen molar-refractivity contribution in [3.63, 3.8) is 0 Å². The van der Waals surface area contributed by atoms with Crippen LogP contribution in [0.3, 0.4) is 0 Å². The van der Waals surface area contributed by atoms with Crippen LogP contribution < -0.4 is 9.47 Å². The number of methoxy groups -OCH3 is 1. The molecule has 0 fully saturated rings. The molecule has 1 unspecified atom stereocenters. The summed E-state index contributed by atoms with van der Waals surface area (Å²) in [4.78, 5) is 15.8. The van der Waals surface area contributed by atoms with E-state index in [1.54, 1.807) is 14.0 Å². The third-order valence-electron chi connectivity index (χ3n) is 4.35. The molecule has 0 radical (unpaired) electrons. The molecule has 0 amide bonds. The highest BCUT2D eigenvalue weighted by atomic mass is 16.5. The maximum Gasteiger partial charge on any atom is 0.333 e. The number of carbonyl (C=O) groups is 1. The maximum absolute atomic E-state index is 11.2. The zero-order chi connectivity index (χ0) is 19.9. The van der Waals surface area contributed by atoms with E-state index in [2.05, 4.69) is 4.98 Å². The molecule has 1 atom stereocenters. The number of fused-ring (bicyclic) bond motifs is 1. The summed E-state index contributed by atoms with van der Waals surface area (Å²) >= 11 is 0. The van der Waals surface area contributed by atoms with E-state index in [-0.39, 0.29) is 6.61 Å². The number of pyridine rings is 1. The third-order valence-corrected chi connectivity index (χ3v) is 4.35. The van der Waals surface area contributed by atoms with E-state index in [9.17, 15) is 9.90 Å². The van der Waals surface area contributed by atoms with Gasteiger partial charge in [0.1, 0.15) is 23.8 Å². The van der Waals surface area contributed by atoms with E-state index >= 15 is 0 Å². The molecule has 0 aliphatic carbocycles. The van der Waals surface area contributed by atoms with Crippen LogP contribution in [0.2, 0.25) is 0 Å². The Balaban J connectivity index is 1.68. The number of para-hydroxylation sites is 1. The largest absolute Gasteiger partial charge is 0.495 e. The first-order valence-electron chi connectivity index (χ1n) is 9.09. The van der Waals surface area contributed by atoms with E-state index in [0.717, 1.165) is 16.5 Å². The number of aliphatic carboxylic acids is 1. The summed E-state index contributed by atoms with van der Waals surface area (Å²) in [5.74, 6) is 0.386. The molecule has 0 saturated carbocycles. The number of aromatic nitrogens is 1. The first-order chi connectivity index (χ1) is 13.6. The molecule has 0 spiro atoms. The summed E-state index contributed by atoms with van der Waals surface area (Å²) in [7, 11) is 1.61. The molecule has 0 bridgehead atoms. The number of hydrogen-bond acceptors (Lipinski definition) is 5. The molecule has 1 heterocycles. The van der Waals surface area contributed by atoms with Crippen LogP contribution in [0, 0.1) is 0 Å². The summed E-state index contributed by atoms with van der Waals surface area (Å²) in [5.41, 5.74) is 2.47. The van der Waals surface area contributed by atoms with E-state index in [0.29, 0.717) is 30.2 Å². The maximum atomic E-state index is 11.2. The van der Waals surface area contributed by atoms with Gasteiger partial charge in [-0.2, -0.15) is 0 Å². The van der Waals surface area contributed by atoms with Gasteiger partial charge in [0.25, 0.3) is 0 Å². The smallest absolute Gasteiger partial charge is 0.333 e. The Bertz CT molecular complexity index is 939. The summed E-state index contributed by atoms with van der Waals surface area (Å²) in [6.07, 6.45) is -0.536. The molecular formula is C22H23NO5. The highest BCUT2D eigenvalue weighted by molar-refractivity contribution is 5.80. The van der Waals surface area contributed by atoms with Gasteiger partial charge in [0.05, 0.1) is 12.6 Å². The fourth-order valence-electron chi connectivity index (χ4n) is 2.92. The molecule has 6 nitrogen and oxygen atoms in total. The van der Waals surface area contributed by atoms with Crippen LogP contribution in [0.1, 0.15) is 18.2 Å². The van der Waals surface area contributed by atoms with Crippen molar-refractivity contribution in [3.05, 3.63) is 65.9 Å². The lowest BCUT2D eigenvalue weighted by Crippen LogP contribution is -2.26. The van der Waals surface area contributed by atoms with Gasteiger partial charge in [-0.1, -0.05) is 30.3 Å². The zero-order valence-electron chi connectivity index (χ0n) is 15.9. The predicted octanol–water partition coefficient (Wildman–Crippen LogP) is 3.85. The number of hydrogen-bond donors (Lipinski definition) is 1. The number of ether oxygens (including phenoxy) is 3. The lowest BCUT2D eigenvalue weighted by Gasteiger charge is -2.13. The normalized spacial score (nSPS) is 11.9. The molecule has 146 valence electrons. The van der Waals surface area contributed by atoms with Crippen molar-refractivity contribution in [2.45, 2.75) is 26.1 Å². The van der Waals surface area contributed by atoms with Gasteiger partial charge in [-0.05, 0) is 36.8 Å². The lowest BCUT2D eigenvalue weighted by molar-refractivity contribution is -0.149. The van der Waals surface area contributed by atoms with E-state index in [1.807, 2.05) is 54.6 Å². The molecule has 2 aromatic carbocycles. The molecule has 0 saturated heterocycles. The van der Waals surface area contributed by atoms with Crippen LogP contribution in [0.15, 0.2) is 54.6 Å². The number of nitrogens with zero attached hydrogens (tertiary/aromatic N) is 1. The van der Waals surface area contributed by atoms with Gasteiger partial charge in [0.2, 0.25) is 0 Å². The van der Waals surface area contributed by atoms with Crippen LogP contribution in [-0.4, -0.2) is 35.9 Å². The minimum Gasteiger partial charge on any atom is -0.495 e. The van der Waals surface area contributed by atoms with Gasteiger partial charge >= 0.3 is 5.97 Å². The number of carboxylic acids is 1. The standard InChI is InChI=1S/C22H23NO5/c1-3-27-21(22(24)25)12-15-8-10-17(11-9-15)28-14-19-20(26-2)13-16-6-4-5-7-18(16)23-19/h4-11,13,21H,3,12,14H2,1-2H3,(H,24,25). The first-order valence-corrected chi connectivity index (χ1v) is 9.09. The Morgan fingerprint density at radius 3 is 2.57 bits per heavy atom. The fourth-order valence-corrected chi connectivity index (χ4v) is 2.92. The summed E-state index contributed by atoms with van der Waals surface area (Å²) in [6, 6.07) is 17.1. The van der Waals surface area contributed by atoms with Crippen molar-refractivity contribution in [1.29, 1.82) is 0 Å². The Kier molecular flexibility index (Phi) is 6.45. The molecule has 3 rings (SSSR count). The Morgan fingerprint density at radius 2 is 1.89 bits per heavy atom. The molecule has 0 aliphatic rings. The van der Waals surface area contributed by atoms with E-state index < -0.39 is 12.1 Å². The average molecular weight is 381 g/mol. The van der Waals surface area contributed by atoms with E-state index in [1.165, 1.54) is 0 Å². The second-order valence-electron chi connectivity index (χ2n) is 6.25. The van der Waals surface area contributed by atoms with Crippen molar-refractivity contribution in [1.82, 2.24) is 4.98 Å². The van der Waals surface area contributed by atoms with Crippen molar-refractivity contribution in [2.24, 2.45) is 0 Å². The molecule has 6 heteroatoms. The molecule has 28 heavy (non-hydrogen) atoms. The SMILES string of the molecule is CCOC(Cc1ccc(OCc2nc3ccccc3cc2OC)cc1)C(=O)O. The van der Waals surface area contributed by atoms with Crippen LogP contribution in [0.25, 0.3) is 10.9 Å². The first kappa shape index (κ1) is 19.6. The average Bonchev–Trinajstić information content (AvgIpc) is 2.72. The Morgan fingerprint density at radius 1 is 1.14 bits per heavy atom. The number of benzene rings is 2. The third kappa shape index (κ3) is 4.78. The molecule has 1 N–H and O–H groups in total.